The molecule has 0 bridgehead atoms. The topological polar surface area (TPSA) is 37.6 Å². The molecule has 5 heteroatoms. The number of rotatable bonds is 0. The molecule has 0 aliphatic carbocycles. The van der Waals surface area contributed by atoms with Crippen LogP contribution in [0.15, 0.2) is 47.4 Å². The number of fused-ring (bicyclic) bond motifs is 2. The molecule has 4 nitrogen and oxygen atoms in total. The molecule has 0 saturated carbocycles. The first-order valence-electron chi connectivity index (χ1n) is 9.10. The maximum atomic E-state index is 13.3. The van der Waals surface area contributed by atoms with E-state index in [1.165, 1.54) is 12.1 Å². The zero-order chi connectivity index (χ0) is 18.8. The van der Waals surface area contributed by atoms with Gasteiger partial charge < -0.3 is 4.90 Å². The van der Waals surface area contributed by atoms with E-state index in [1.54, 1.807) is 28.8 Å². The van der Waals surface area contributed by atoms with Gasteiger partial charge >= 0.3 is 0 Å². The summed E-state index contributed by atoms with van der Waals surface area (Å²) in [6, 6.07) is 9.80. The smallest absolute Gasteiger partial charge is 0.262 e. The van der Waals surface area contributed by atoms with Crippen LogP contribution < -0.4 is 5.56 Å². The largest absolute Gasteiger partial charge is 0.302 e. The van der Waals surface area contributed by atoms with Crippen LogP contribution in [0.25, 0.3) is 5.65 Å². The molecule has 0 atom stereocenters. The number of halogens is 1. The molecule has 3 heterocycles. The summed E-state index contributed by atoms with van der Waals surface area (Å²) in [5, 5.41) is 0. The van der Waals surface area contributed by atoms with Gasteiger partial charge in [-0.1, -0.05) is 17.9 Å². The second-order valence-corrected chi connectivity index (χ2v) is 6.94. The predicted molar refractivity (Wildman–Crippen MR) is 103 cm³/mol. The minimum absolute atomic E-state index is 0.00612. The highest BCUT2D eigenvalue weighted by molar-refractivity contribution is 5.50. The number of aryl methyl sites for hydroxylation is 1. The number of nitrogens with zero attached hydrogens (tertiary/aromatic N) is 3. The molecule has 0 unspecified atom stereocenters. The van der Waals surface area contributed by atoms with Crippen molar-refractivity contribution in [3.05, 3.63) is 81.2 Å². The van der Waals surface area contributed by atoms with Crippen molar-refractivity contribution in [2.75, 3.05) is 13.6 Å². The Morgan fingerprint density at radius 1 is 1.11 bits per heavy atom. The summed E-state index contributed by atoms with van der Waals surface area (Å²) in [6.07, 6.45) is 4.68. The van der Waals surface area contributed by atoms with Crippen molar-refractivity contribution in [1.82, 2.24) is 14.3 Å². The van der Waals surface area contributed by atoms with E-state index in [0.29, 0.717) is 17.8 Å². The SMILES string of the molecule is CN1CCCCc2nc3cc(C#Cc4cccc(F)c4)ccn3c(=O)c2C1. The van der Waals surface area contributed by atoms with E-state index in [4.69, 9.17) is 4.98 Å². The van der Waals surface area contributed by atoms with Crippen molar-refractivity contribution >= 4 is 5.65 Å². The Balaban J connectivity index is 1.76. The number of hydrogen-bond donors (Lipinski definition) is 0. The molecule has 1 aliphatic rings. The second-order valence-electron chi connectivity index (χ2n) is 6.94. The second kappa shape index (κ2) is 7.34. The lowest BCUT2D eigenvalue weighted by molar-refractivity contribution is 0.308. The van der Waals surface area contributed by atoms with Crippen molar-refractivity contribution in [2.24, 2.45) is 0 Å². The first kappa shape index (κ1) is 17.4. The zero-order valence-electron chi connectivity index (χ0n) is 15.2. The van der Waals surface area contributed by atoms with Gasteiger partial charge in [-0.2, -0.15) is 0 Å². The minimum atomic E-state index is -0.308. The molecule has 0 saturated heterocycles. The first-order chi connectivity index (χ1) is 13.1. The average molecular weight is 361 g/mol. The maximum absolute atomic E-state index is 13.3. The lowest BCUT2D eigenvalue weighted by atomic mass is 10.1. The van der Waals surface area contributed by atoms with Gasteiger partial charge in [0.25, 0.3) is 5.56 Å². The molecule has 0 fully saturated rings. The Bertz CT molecular complexity index is 1120. The van der Waals surface area contributed by atoms with Crippen LogP contribution in [0.2, 0.25) is 0 Å². The summed E-state index contributed by atoms with van der Waals surface area (Å²) in [5.41, 5.74) is 3.63. The zero-order valence-corrected chi connectivity index (χ0v) is 15.2. The Hall–Kier alpha value is -2.97. The van der Waals surface area contributed by atoms with Crippen molar-refractivity contribution in [1.29, 1.82) is 0 Å². The lowest BCUT2D eigenvalue weighted by Crippen LogP contribution is -2.30. The summed E-state index contributed by atoms with van der Waals surface area (Å²) in [4.78, 5) is 19.9. The van der Waals surface area contributed by atoms with E-state index in [0.717, 1.165) is 42.6 Å². The van der Waals surface area contributed by atoms with Gasteiger partial charge in [0.2, 0.25) is 0 Å². The third-order valence-corrected chi connectivity index (χ3v) is 4.82. The first-order valence-corrected chi connectivity index (χ1v) is 9.10. The highest BCUT2D eigenvalue weighted by atomic mass is 19.1. The van der Waals surface area contributed by atoms with E-state index < -0.39 is 0 Å². The van der Waals surface area contributed by atoms with Gasteiger partial charge in [0.1, 0.15) is 11.5 Å². The molecule has 1 aliphatic heterocycles. The van der Waals surface area contributed by atoms with Crippen LogP contribution in [-0.2, 0) is 13.0 Å². The van der Waals surface area contributed by atoms with Crippen molar-refractivity contribution in [3.63, 3.8) is 0 Å². The summed E-state index contributed by atoms with van der Waals surface area (Å²) in [6.45, 7) is 1.63. The van der Waals surface area contributed by atoms with E-state index >= 15 is 0 Å². The van der Waals surface area contributed by atoms with Crippen LogP contribution in [0.5, 0.6) is 0 Å². The number of hydrogen-bond acceptors (Lipinski definition) is 3. The molecule has 2 aromatic heterocycles. The molecule has 0 radical (unpaired) electrons. The van der Waals surface area contributed by atoms with Crippen LogP contribution >= 0.6 is 0 Å². The van der Waals surface area contributed by atoms with E-state index in [1.807, 2.05) is 13.1 Å². The van der Waals surface area contributed by atoms with Gasteiger partial charge in [-0.25, -0.2) is 9.37 Å². The van der Waals surface area contributed by atoms with Crippen LogP contribution in [0.4, 0.5) is 4.39 Å². The van der Waals surface area contributed by atoms with Crippen molar-refractivity contribution in [3.8, 4) is 11.8 Å². The van der Waals surface area contributed by atoms with Crippen molar-refractivity contribution < 1.29 is 4.39 Å². The fourth-order valence-corrected chi connectivity index (χ4v) is 3.40. The monoisotopic (exact) mass is 361 g/mol. The molecule has 1 aromatic carbocycles. The maximum Gasteiger partial charge on any atom is 0.262 e. The summed E-state index contributed by atoms with van der Waals surface area (Å²) in [5.74, 6) is 5.68. The van der Waals surface area contributed by atoms with E-state index in [9.17, 15) is 9.18 Å². The molecular weight excluding hydrogens is 341 g/mol. The fraction of sp³-hybridized carbons (Fsp3) is 0.273. The summed E-state index contributed by atoms with van der Waals surface area (Å²) in [7, 11) is 2.04. The Morgan fingerprint density at radius 2 is 1.93 bits per heavy atom. The molecule has 27 heavy (non-hydrogen) atoms. The molecule has 136 valence electrons. The number of benzene rings is 1. The molecule has 0 N–H and O–H groups in total. The highest BCUT2D eigenvalue weighted by Crippen LogP contribution is 2.15. The normalized spacial score (nSPS) is 14.7. The summed E-state index contributed by atoms with van der Waals surface area (Å²) < 4.78 is 14.9. The molecule has 0 amide bonds. The quantitative estimate of drug-likeness (QED) is 0.578. The lowest BCUT2D eigenvalue weighted by Gasteiger charge is -2.21. The highest BCUT2D eigenvalue weighted by Gasteiger charge is 2.16. The van der Waals surface area contributed by atoms with Crippen LogP contribution in [0.3, 0.4) is 0 Å². The average Bonchev–Trinajstić information content (AvgIpc) is 2.64. The molecule has 0 spiro atoms. The summed E-state index contributed by atoms with van der Waals surface area (Å²) >= 11 is 0. The predicted octanol–water partition coefficient (Wildman–Crippen LogP) is 3.00. The Morgan fingerprint density at radius 3 is 2.74 bits per heavy atom. The minimum Gasteiger partial charge on any atom is -0.302 e. The van der Waals surface area contributed by atoms with Crippen LogP contribution in [-0.4, -0.2) is 27.9 Å². The third kappa shape index (κ3) is 3.76. The van der Waals surface area contributed by atoms with E-state index in [2.05, 4.69) is 16.7 Å². The van der Waals surface area contributed by atoms with Crippen LogP contribution in [0.1, 0.15) is 35.2 Å². The Kier molecular flexibility index (Phi) is 4.74. The van der Waals surface area contributed by atoms with Gasteiger partial charge in [0.15, 0.2) is 0 Å². The molecule has 3 aromatic rings. The number of aromatic nitrogens is 2. The standard InChI is InChI=1S/C22H20FN3O/c1-25-11-3-2-7-20-19(15-25)22(27)26-12-10-17(14-21(26)24-20)9-8-16-5-4-6-18(23)13-16/h4-6,10,12-14H,2-3,7,11,15H2,1H3. The Labute approximate surface area is 157 Å². The molecule has 4 rings (SSSR count). The van der Waals surface area contributed by atoms with Gasteiger partial charge in [0.05, 0.1) is 11.3 Å². The van der Waals surface area contributed by atoms with Crippen molar-refractivity contribution in [2.45, 2.75) is 25.8 Å². The third-order valence-electron chi connectivity index (χ3n) is 4.82. The van der Waals surface area contributed by atoms with E-state index in [-0.39, 0.29) is 11.4 Å². The fourth-order valence-electron chi connectivity index (χ4n) is 3.40. The van der Waals surface area contributed by atoms with Gasteiger partial charge in [-0.05, 0) is 63.2 Å². The molecular formula is C22H20FN3O. The van der Waals surface area contributed by atoms with Gasteiger partial charge in [-0.3, -0.25) is 9.20 Å². The number of pyridine rings is 1. The van der Waals surface area contributed by atoms with Gasteiger partial charge in [-0.15, -0.1) is 0 Å². The van der Waals surface area contributed by atoms with Crippen LogP contribution in [0, 0.1) is 17.7 Å². The van der Waals surface area contributed by atoms with Gasteiger partial charge in [0, 0.05) is 23.9 Å².